The van der Waals surface area contributed by atoms with E-state index in [-0.39, 0.29) is 23.7 Å². The van der Waals surface area contributed by atoms with Crippen LogP contribution in [0, 0.1) is 17.7 Å². The highest BCUT2D eigenvalue weighted by molar-refractivity contribution is 5.82. The van der Waals surface area contributed by atoms with Crippen LogP contribution in [0.4, 0.5) is 4.39 Å². The molecule has 2 saturated heterocycles. The number of fused-ring (bicyclic) bond motifs is 2. The molecular weight excluding hydrogens is 439 g/mol. The Labute approximate surface area is 209 Å². The number of carbonyl (C=O) groups is 1. The van der Waals surface area contributed by atoms with Gasteiger partial charge in [-0.15, -0.1) is 0 Å². The second-order valence-corrected chi connectivity index (χ2v) is 10.8. The molecule has 1 amide bonds. The Hall–Kier alpha value is -2.24. The van der Waals surface area contributed by atoms with E-state index in [9.17, 15) is 4.79 Å². The summed E-state index contributed by atoms with van der Waals surface area (Å²) in [5.41, 5.74) is 2.54. The summed E-state index contributed by atoms with van der Waals surface area (Å²) in [6, 6.07) is 16.4. The molecule has 5 heteroatoms. The van der Waals surface area contributed by atoms with Crippen molar-refractivity contribution in [3.63, 3.8) is 0 Å². The van der Waals surface area contributed by atoms with Crippen LogP contribution in [0.15, 0.2) is 48.5 Å². The minimum absolute atomic E-state index is 0.180. The summed E-state index contributed by atoms with van der Waals surface area (Å²) in [6.07, 6.45) is 4.82. The molecule has 0 radical (unpaired) electrons. The fourth-order valence-corrected chi connectivity index (χ4v) is 7.27. The molecule has 1 spiro atoms. The fourth-order valence-electron chi connectivity index (χ4n) is 7.27. The van der Waals surface area contributed by atoms with Crippen molar-refractivity contribution < 1.29 is 19.2 Å². The highest BCUT2D eigenvalue weighted by Gasteiger charge is 2.56. The van der Waals surface area contributed by atoms with Gasteiger partial charge in [0, 0.05) is 18.2 Å². The number of halogens is 1. The Morgan fingerprint density at radius 1 is 1.17 bits per heavy atom. The average Bonchev–Trinajstić information content (AvgIpc) is 3.21. The van der Waals surface area contributed by atoms with E-state index >= 15 is 4.39 Å². The van der Waals surface area contributed by atoms with Crippen molar-refractivity contribution >= 4 is 5.91 Å². The van der Waals surface area contributed by atoms with E-state index < -0.39 is 5.41 Å². The number of piperidine rings is 1. The van der Waals surface area contributed by atoms with Crippen molar-refractivity contribution in [2.75, 3.05) is 32.8 Å². The smallest absolute Gasteiger partial charge is 0.232 e. The van der Waals surface area contributed by atoms with Gasteiger partial charge in [0.25, 0.3) is 0 Å². The molecule has 35 heavy (non-hydrogen) atoms. The third-order valence-electron chi connectivity index (χ3n) is 9.14. The molecule has 0 aliphatic carbocycles. The lowest BCUT2D eigenvalue weighted by Gasteiger charge is -2.45. The molecule has 3 aliphatic heterocycles. The summed E-state index contributed by atoms with van der Waals surface area (Å²) in [4.78, 5) is 16.6. The highest BCUT2D eigenvalue weighted by Crippen LogP contribution is 2.43. The minimum Gasteiger partial charge on any atom is -0.380 e. The van der Waals surface area contributed by atoms with Crippen LogP contribution in [-0.2, 0) is 21.4 Å². The van der Waals surface area contributed by atoms with Crippen molar-refractivity contribution in [3.05, 3.63) is 71.0 Å². The monoisotopic (exact) mass is 479 g/mol. The maximum atomic E-state index is 15.4. The number of benzene rings is 2. The SMILES string of the molecule is CCC(CC)C1CC(c2ccccc2)CCN1C(=O)C1C[NH2+]CC12COCCc1cccc(F)c12. The van der Waals surface area contributed by atoms with E-state index in [0.717, 1.165) is 43.4 Å². The topological polar surface area (TPSA) is 46.2 Å². The molecule has 0 bridgehead atoms. The molecule has 3 aliphatic rings. The molecule has 2 fully saturated rings. The second-order valence-electron chi connectivity index (χ2n) is 10.8. The van der Waals surface area contributed by atoms with Crippen LogP contribution in [0.1, 0.15) is 62.1 Å². The number of likely N-dealkylation sites (tertiary alicyclic amines) is 1. The molecule has 0 saturated carbocycles. The molecule has 0 aromatic heterocycles. The first kappa shape index (κ1) is 24.5. The number of quaternary nitrogens is 1. The molecule has 2 aromatic carbocycles. The number of amides is 1. The van der Waals surface area contributed by atoms with Crippen molar-refractivity contribution in [2.24, 2.45) is 11.8 Å². The van der Waals surface area contributed by atoms with E-state index in [1.165, 1.54) is 5.56 Å². The van der Waals surface area contributed by atoms with Gasteiger partial charge in [-0.2, -0.15) is 0 Å². The number of carbonyl (C=O) groups excluding carboxylic acids is 1. The summed E-state index contributed by atoms with van der Waals surface area (Å²) in [5.74, 6) is 0.721. The summed E-state index contributed by atoms with van der Waals surface area (Å²) in [6.45, 7) is 7.67. The van der Waals surface area contributed by atoms with Crippen LogP contribution in [-0.4, -0.2) is 49.7 Å². The largest absolute Gasteiger partial charge is 0.380 e. The van der Waals surface area contributed by atoms with Gasteiger partial charge in [-0.3, -0.25) is 4.79 Å². The Morgan fingerprint density at radius 2 is 1.97 bits per heavy atom. The third-order valence-corrected chi connectivity index (χ3v) is 9.14. The van der Waals surface area contributed by atoms with E-state index in [1.807, 2.05) is 6.07 Å². The molecule has 3 heterocycles. The summed E-state index contributed by atoms with van der Waals surface area (Å²) in [5, 5.41) is 2.20. The van der Waals surface area contributed by atoms with Crippen LogP contribution in [0.5, 0.6) is 0 Å². The quantitative estimate of drug-likeness (QED) is 0.704. The molecule has 4 unspecified atom stereocenters. The maximum absolute atomic E-state index is 15.4. The van der Waals surface area contributed by atoms with Crippen LogP contribution < -0.4 is 5.32 Å². The first-order valence-electron chi connectivity index (χ1n) is 13.6. The number of hydrogen-bond acceptors (Lipinski definition) is 2. The molecule has 2 N–H and O–H groups in total. The zero-order valence-corrected chi connectivity index (χ0v) is 21.2. The fraction of sp³-hybridized carbons (Fsp3) is 0.567. The third kappa shape index (κ3) is 4.42. The zero-order valence-electron chi connectivity index (χ0n) is 21.2. The van der Waals surface area contributed by atoms with E-state index in [1.54, 1.807) is 12.1 Å². The standard InChI is InChI=1S/C30H39FN2O2/c1-3-21(4-2)27-17-24(22-9-6-5-7-10-22)13-15-33(27)29(34)25-18-32-19-30(25)20-35-16-14-23-11-8-12-26(31)28(23)30/h5-12,21,24-25,27,32H,3-4,13-20H2,1-2H3/p+1. The Morgan fingerprint density at radius 3 is 2.74 bits per heavy atom. The van der Waals surface area contributed by atoms with Gasteiger partial charge in [0.2, 0.25) is 5.91 Å². The Bertz CT molecular complexity index is 1020. The van der Waals surface area contributed by atoms with Gasteiger partial charge in [0.05, 0.1) is 31.7 Å². The van der Waals surface area contributed by atoms with Crippen LogP contribution in [0.3, 0.4) is 0 Å². The summed E-state index contributed by atoms with van der Waals surface area (Å²) >= 11 is 0. The number of rotatable bonds is 5. The van der Waals surface area contributed by atoms with Crippen molar-refractivity contribution in [3.8, 4) is 0 Å². The summed E-state index contributed by atoms with van der Waals surface area (Å²) < 4.78 is 21.5. The number of ether oxygens (including phenoxy) is 1. The van der Waals surface area contributed by atoms with Gasteiger partial charge in [-0.05, 0) is 48.3 Å². The van der Waals surface area contributed by atoms with Gasteiger partial charge in [-0.25, -0.2) is 4.39 Å². The molecule has 188 valence electrons. The van der Waals surface area contributed by atoms with Crippen molar-refractivity contribution in [1.82, 2.24) is 4.90 Å². The molecular formula is C30H40FN2O2+. The first-order chi connectivity index (χ1) is 17.1. The minimum atomic E-state index is -0.594. The van der Waals surface area contributed by atoms with Crippen LogP contribution in [0.2, 0.25) is 0 Å². The first-order valence-corrected chi connectivity index (χ1v) is 13.6. The molecule has 4 nitrogen and oxygen atoms in total. The predicted octanol–water partition coefficient (Wildman–Crippen LogP) is 4.04. The molecule has 5 rings (SSSR count). The lowest BCUT2D eigenvalue weighted by molar-refractivity contribution is -0.640. The van der Waals surface area contributed by atoms with Gasteiger partial charge in [0.15, 0.2) is 0 Å². The van der Waals surface area contributed by atoms with E-state index in [2.05, 4.69) is 54.4 Å². The lowest BCUT2D eigenvalue weighted by Crippen LogP contribution is -2.82. The average molecular weight is 480 g/mol. The number of nitrogens with two attached hydrogens (primary N) is 1. The Balaban J connectivity index is 1.48. The van der Waals surface area contributed by atoms with Gasteiger partial charge < -0.3 is 15.0 Å². The van der Waals surface area contributed by atoms with Crippen LogP contribution >= 0.6 is 0 Å². The molecule has 2 aromatic rings. The van der Waals surface area contributed by atoms with Crippen molar-refractivity contribution in [2.45, 2.75) is 63.3 Å². The Kier molecular flexibility index (Phi) is 7.26. The zero-order chi connectivity index (χ0) is 24.4. The van der Waals surface area contributed by atoms with Crippen molar-refractivity contribution in [1.29, 1.82) is 0 Å². The number of nitrogens with zero attached hydrogens (tertiary/aromatic N) is 1. The predicted molar refractivity (Wildman–Crippen MR) is 136 cm³/mol. The van der Waals surface area contributed by atoms with E-state index in [0.29, 0.717) is 44.6 Å². The molecule has 4 atom stereocenters. The van der Waals surface area contributed by atoms with Gasteiger partial charge in [0.1, 0.15) is 11.7 Å². The maximum Gasteiger partial charge on any atom is 0.232 e. The second kappa shape index (κ2) is 10.4. The summed E-state index contributed by atoms with van der Waals surface area (Å²) in [7, 11) is 0. The number of hydrogen-bond donors (Lipinski definition) is 1. The lowest BCUT2D eigenvalue weighted by atomic mass is 9.69. The van der Waals surface area contributed by atoms with Gasteiger partial charge >= 0.3 is 0 Å². The highest BCUT2D eigenvalue weighted by atomic mass is 19.1. The van der Waals surface area contributed by atoms with Crippen LogP contribution in [0.25, 0.3) is 0 Å². The normalized spacial score (nSPS) is 28.8. The van der Waals surface area contributed by atoms with Gasteiger partial charge in [-0.1, -0.05) is 69.2 Å². The van der Waals surface area contributed by atoms with E-state index in [4.69, 9.17) is 4.74 Å².